The van der Waals surface area contributed by atoms with E-state index in [2.05, 4.69) is 5.32 Å². The molecule has 1 fully saturated rings. The number of nitrogens with zero attached hydrogens (tertiary/aromatic N) is 1. The van der Waals surface area contributed by atoms with E-state index in [9.17, 15) is 22.8 Å². The third-order valence-electron chi connectivity index (χ3n) is 2.18. The van der Waals surface area contributed by atoms with Crippen LogP contribution < -0.4 is 5.32 Å². The van der Waals surface area contributed by atoms with Gasteiger partial charge in [-0.25, -0.2) is 0 Å². The summed E-state index contributed by atoms with van der Waals surface area (Å²) in [4.78, 5) is 23.2. The largest absolute Gasteiger partial charge is 0.390 e. The second-order valence-electron chi connectivity index (χ2n) is 3.37. The van der Waals surface area contributed by atoms with Crippen molar-refractivity contribution in [2.75, 3.05) is 13.6 Å². The van der Waals surface area contributed by atoms with Crippen LogP contribution in [-0.2, 0) is 9.59 Å². The molecule has 1 aliphatic rings. The Morgan fingerprint density at radius 2 is 2.07 bits per heavy atom. The summed E-state index contributed by atoms with van der Waals surface area (Å²) in [6, 6.07) is -0.801. The molecule has 1 heterocycles. The zero-order valence-corrected chi connectivity index (χ0v) is 8.10. The number of imide groups is 1. The van der Waals surface area contributed by atoms with Gasteiger partial charge in [0.15, 0.2) is 0 Å². The van der Waals surface area contributed by atoms with Crippen molar-refractivity contribution >= 4 is 11.8 Å². The number of likely N-dealkylation sites (N-methyl/N-ethyl adjacent to an activating group) is 1. The number of nitrogens with one attached hydrogen (secondary N) is 1. The molecule has 1 rings (SSSR count). The predicted octanol–water partition coefficient (Wildman–Crippen LogP) is 0.286. The summed E-state index contributed by atoms with van der Waals surface area (Å²) >= 11 is 0. The van der Waals surface area contributed by atoms with Crippen molar-refractivity contribution in [1.29, 1.82) is 0 Å². The Morgan fingerprint density at radius 1 is 1.47 bits per heavy atom. The number of rotatable bonds is 3. The van der Waals surface area contributed by atoms with Gasteiger partial charge in [0.25, 0.3) is 0 Å². The van der Waals surface area contributed by atoms with Crippen molar-refractivity contribution in [1.82, 2.24) is 10.2 Å². The van der Waals surface area contributed by atoms with Gasteiger partial charge in [0.1, 0.15) is 0 Å². The van der Waals surface area contributed by atoms with Gasteiger partial charge in [0.2, 0.25) is 11.8 Å². The van der Waals surface area contributed by atoms with Gasteiger partial charge in [0.05, 0.1) is 18.9 Å². The fraction of sp³-hybridized carbons (Fsp3) is 0.750. The molecule has 1 saturated heterocycles. The van der Waals surface area contributed by atoms with Crippen LogP contribution in [0.1, 0.15) is 12.8 Å². The molecule has 0 aromatic carbocycles. The molecule has 1 aliphatic heterocycles. The Balaban J connectivity index is 2.35. The van der Waals surface area contributed by atoms with Gasteiger partial charge in [-0.2, -0.15) is 13.2 Å². The Morgan fingerprint density at radius 3 is 2.47 bits per heavy atom. The summed E-state index contributed by atoms with van der Waals surface area (Å²) in [6.45, 7) is -0.346. The third kappa shape index (κ3) is 3.19. The van der Waals surface area contributed by atoms with Gasteiger partial charge in [0, 0.05) is 13.6 Å². The third-order valence-corrected chi connectivity index (χ3v) is 2.18. The molecule has 0 aromatic rings. The summed E-state index contributed by atoms with van der Waals surface area (Å²) in [7, 11) is 1.32. The zero-order valence-electron chi connectivity index (χ0n) is 8.10. The first kappa shape index (κ1) is 12.0. The Hall–Kier alpha value is -1.11. The lowest BCUT2D eigenvalue weighted by molar-refractivity contribution is -0.139. The lowest BCUT2D eigenvalue weighted by Gasteiger charge is -2.11. The number of carbonyl (C=O) groups is 2. The monoisotopic (exact) mass is 224 g/mol. The van der Waals surface area contributed by atoms with E-state index < -0.39 is 24.5 Å². The second kappa shape index (κ2) is 4.18. The first-order valence-electron chi connectivity index (χ1n) is 4.42. The Bertz CT molecular complexity index is 278. The summed E-state index contributed by atoms with van der Waals surface area (Å²) in [5, 5.41) is 2.42. The maximum Gasteiger partial charge on any atom is 0.390 e. The Labute approximate surface area is 84.4 Å². The lowest BCUT2D eigenvalue weighted by atomic mass is 10.2. The summed E-state index contributed by atoms with van der Waals surface area (Å²) in [5.74, 6) is -0.841. The molecule has 1 atom stereocenters. The molecule has 86 valence electrons. The topological polar surface area (TPSA) is 49.4 Å². The van der Waals surface area contributed by atoms with Crippen LogP contribution in [0.15, 0.2) is 0 Å². The fourth-order valence-corrected chi connectivity index (χ4v) is 1.30. The molecule has 1 unspecified atom stereocenters. The highest BCUT2D eigenvalue weighted by molar-refractivity contribution is 6.05. The van der Waals surface area contributed by atoms with Gasteiger partial charge in [-0.1, -0.05) is 0 Å². The molecule has 0 saturated carbocycles. The molecule has 4 nitrogen and oxygen atoms in total. The summed E-state index contributed by atoms with van der Waals surface area (Å²) < 4.78 is 35.3. The number of hydrogen-bond acceptors (Lipinski definition) is 3. The van der Waals surface area contributed by atoms with E-state index in [-0.39, 0.29) is 18.9 Å². The maximum absolute atomic E-state index is 11.8. The van der Waals surface area contributed by atoms with Crippen molar-refractivity contribution in [2.24, 2.45) is 0 Å². The van der Waals surface area contributed by atoms with Crippen LogP contribution in [-0.4, -0.2) is 42.5 Å². The van der Waals surface area contributed by atoms with Crippen LogP contribution in [0.3, 0.4) is 0 Å². The van der Waals surface area contributed by atoms with Gasteiger partial charge in [-0.05, 0) is 0 Å². The molecule has 15 heavy (non-hydrogen) atoms. The zero-order chi connectivity index (χ0) is 11.6. The van der Waals surface area contributed by atoms with E-state index in [1.54, 1.807) is 0 Å². The van der Waals surface area contributed by atoms with Crippen molar-refractivity contribution in [3.63, 3.8) is 0 Å². The van der Waals surface area contributed by atoms with Crippen molar-refractivity contribution in [3.05, 3.63) is 0 Å². The highest BCUT2D eigenvalue weighted by atomic mass is 19.4. The number of hydrogen-bond donors (Lipinski definition) is 1. The smallest absolute Gasteiger partial charge is 0.305 e. The van der Waals surface area contributed by atoms with Crippen LogP contribution in [0.2, 0.25) is 0 Å². The SMILES string of the molecule is CN1C(=O)CC(NCCC(F)(F)F)C1=O. The van der Waals surface area contributed by atoms with Crippen LogP contribution in [0.5, 0.6) is 0 Å². The molecule has 7 heteroatoms. The highest BCUT2D eigenvalue weighted by Crippen LogP contribution is 2.19. The van der Waals surface area contributed by atoms with Crippen molar-refractivity contribution in [3.8, 4) is 0 Å². The Kier molecular flexibility index (Phi) is 3.33. The van der Waals surface area contributed by atoms with Gasteiger partial charge >= 0.3 is 6.18 Å². The average Bonchev–Trinajstić information content (AvgIpc) is 2.32. The van der Waals surface area contributed by atoms with Crippen LogP contribution >= 0.6 is 0 Å². The minimum absolute atomic E-state index is 0.0623. The quantitative estimate of drug-likeness (QED) is 0.701. The first-order valence-corrected chi connectivity index (χ1v) is 4.42. The molecule has 1 N–H and O–H groups in total. The standard InChI is InChI=1S/C8H11F3N2O2/c1-13-6(14)4-5(7(13)15)12-3-2-8(9,10)11/h5,12H,2-4H2,1H3. The van der Waals surface area contributed by atoms with Gasteiger partial charge in [-0.3, -0.25) is 14.5 Å². The summed E-state index contributed by atoms with van der Waals surface area (Å²) in [6.07, 6.45) is -5.31. The molecule has 0 spiro atoms. The van der Waals surface area contributed by atoms with Gasteiger partial charge < -0.3 is 5.32 Å². The van der Waals surface area contributed by atoms with Crippen molar-refractivity contribution in [2.45, 2.75) is 25.1 Å². The minimum Gasteiger partial charge on any atom is -0.305 e. The molecule has 2 amide bonds. The lowest BCUT2D eigenvalue weighted by Crippen LogP contribution is -2.38. The number of carbonyl (C=O) groups excluding carboxylic acids is 2. The van der Waals surface area contributed by atoms with E-state index >= 15 is 0 Å². The van der Waals surface area contributed by atoms with Gasteiger partial charge in [-0.15, -0.1) is 0 Å². The van der Waals surface area contributed by atoms with Crippen LogP contribution in [0.4, 0.5) is 13.2 Å². The number of halogens is 3. The van der Waals surface area contributed by atoms with E-state index in [1.807, 2.05) is 0 Å². The normalized spacial score (nSPS) is 22.7. The van der Waals surface area contributed by atoms with Crippen molar-refractivity contribution < 1.29 is 22.8 Å². The molecule has 0 aliphatic carbocycles. The molecule has 0 radical (unpaired) electrons. The van der Waals surface area contributed by atoms with E-state index in [0.717, 1.165) is 4.90 Å². The molecular formula is C8H11F3N2O2. The minimum atomic E-state index is -4.25. The van der Waals surface area contributed by atoms with Crippen LogP contribution in [0.25, 0.3) is 0 Å². The van der Waals surface area contributed by atoms with E-state index in [1.165, 1.54) is 7.05 Å². The number of alkyl halides is 3. The number of amides is 2. The van der Waals surface area contributed by atoms with E-state index in [4.69, 9.17) is 0 Å². The van der Waals surface area contributed by atoms with Crippen LogP contribution in [0, 0.1) is 0 Å². The molecule has 0 aromatic heterocycles. The fourth-order valence-electron chi connectivity index (χ4n) is 1.30. The second-order valence-corrected chi connectivity index (χ2v) is 3.37. The summed E-state index contributed by atoms with van der Waals surface area (Å²) in [5.41, 5.74) is 0. The molecular weight excluding hydrogens is 213 g/mol. The average molecular weight is 224 g/mol. The highest BCUT2D eigenvalue weighted by Gasteiger charge is 2.36. The maximum atomic E-state index is 11.8. The molecule has 0 bridgehead atoms. The number of likely N-dealkylation sites (tertiary alicyclic amines) is 1. The van der Waals surface area contributed by atoms with E-state index in [0.29, 0.717) is 0 Å². The first-order chi connectivity index (χ1) is 6.81. The predicted molar refractivity (Wildman–Crippen MR) is 44.9 cm³/mol.